The molecule has 27 heavy (non-hydrogen) atoms. The van der Waals surface area contributed by atoms with Gasteiger partial charge in [-0.25, -0.2) is 8.78 Å². The lowest BCUT2D eigenvalue weighted by Gasteiger charge is -2.07. The van der Waals surface area contributed by atoms with Gasteiger partial charge in [0.25, 0.3) is 0 Å². The molecule has 0 unspecified atom stereocenters. The lowest BCUT2D eigenvalue weighted by atomic mass is 10.1. The summed E-state index contributed by atoms with van der Waals surface area (Å²) in [7, 11) is -4.43. The minimum absolute atomic E-state index is 0.123. The molecule has 0 aliphatic heterocycles. The van der Waals surface area contributed by atoms with Gasteiger partial charge >= 0.3 is 10.1 Å². The first-order chi connectivity index (χ1) is 12.7. The van der Waals surface area contributed by atoms with Gasteiger partial charge in [-0.15, -0.1) is 0 Å². The predicted molar refractivity (Wildman–Crippen MR) is 94.8 cm³/mol. The lowest BCUT2D eigenvalue weighted by molar-refractivity contribution is 0.432. The van der Waals surface area contributed by atoms with Crippen LogP contribution in [0, 0.1) is 11.6 Å². The molecule has 1 heterocycles. The summed E-state index contributed by atoms with van der Waals surface area (Å²) in [5.41, 5.74) is 5.66. The highest BCUT2D eigenvalue weighted by Crippen LogP contribution is 2.45. The van der Waals surface area contributed by atoms with Gasteiger partial charge in [0.2, 0.25) is 17.4 Å². The molecule has 0 saturated carbocycles. The van der Waals surface area contributed by atoms with Gasteiger partial charge < -0.3 is 19.4 Å². The van der Waals surface area contributed by atoms with Crippen LogP contribution in [0.5, 0.6) is 11.5 Å². The summed E-state index contributed by atoms with van der Waals surface area (Å²) in [6, 6.07) is 8.54. The minimum atomic E-state index is -4.43. The number of anilines is 1. The van der Waals surface area contributed by atoms with Crippen molar-refractivity contribution in [2.24, 2.45) is 0 Å². The molecule has 0 aliphatic rings. The standard InChI is InChI=1S/C17H12ClF2NO5S/c18-11-4-1-9(2-5-11)15-14(22)16(17(21)25-15)26-27(23,24)8-10-3-6-12(19)7-13(10)20/h1-7,22H,8,21H2. The fourth-order valence-corrected chi connectivity index (χ4v) is 3.50. The van der Waals surface area contributed by atoms with Crippen molar-refractivity contribution in [2.75, 3.05) is 5.73 Å². The second-order valence-corrected chi connectivity index (χ2v) is 7.51. The number of aromatic hydroxyl groups is 1. The van der Waals surface area contributed by atoms with E-state index in [1.807, 2.05) is 0 Å². The molecule has 1 aromatic heterocycles. The third-order valence-electron chi connectivity index (χ3n) is 3.53. The van der Waals surface area contributed by atoms with E-state index >= 15 is 0 Å². The number of rotatable bonds is 5. The zero-order valence-electron chi connectivity index (χ0n) is 13.4. The molecule has 3 rings (SSSR count). The van der Waals surface area contributed by atoms with Crippen molar-refractivity contribution in [3.63, 3.8) is 0 Å². The Morgan fingerprint density at radius 3 is 2.44 bits per heavy atom. The van der Waals surface area contributed by atoms with Gasteiger partial charge in [0.1, 0.15) is 17.4 Å². The molecular weight excluding hydrogens is 404 g/mol. The van der Waals surface area contributed by atoms with Crippen LogP contribution in [0.1, 0.15) is 5.56 Å². The minimum Gasteiger partial charge on any atom is -0.501 e. The number of hydrogen-bond acceptors (Lipinski definition) is 6. The number of nitrogens with two attached hydrogens (primary N) is 1. The maximum absolute atomic E-state index is 13.7. The summed E-state index contributed by atoms with van der Waals surface area (Å²) in [5, 5.41) is 10.7. The second kappa shape index (κ2) is 7.09. The third kappa shape index (κ3) is 4.15. The van der Waals surface area contributed by atoms with E-state index in [4.69, 9.17) is 25.9 Å². The SMILES string of the molecule is Nc1oc(-c2ccc(Cl)cc2)c(O)c1OS(=O)(=O)Cc1ccc(F)cc1F. The van der Waals surface area contributed by atoms with Crippen LogP contribution >= 0.6 is 11.6 Å². The van der Waals surface area contributed by atoms with Crippen molar-refractivity contribution >= 4 is 27.6 Å². The first-order valence-corrected chi connectivity index (χ1v) is 9.35. The van der Waals surface area contributed by atoms with Crippen LogP contribution < -0.4 is 9.92 Å². The Hall–Kier alpha value is -2.78. The summed E-state index contributed by atoms with van der Waals surface area (Å²) in [6.45, 7) is 0. The van der Waals surface area contributed by atoms with E-state index in [0.29, 0.717) is 16.7 Å². The summed E-state index contributed by atoms with van der Waals surface area (Å²) < 4.78 is 61.0. The quantitative estimate of drug-likeness (QED) is 0.609. The van der Waals surface area contributed by atoms with Gasteiger partial charge in [0.15, 0.2) is 5.76 Å². The number of nitrogen functional groups attached to an aromatic ring is 1. The molecule has 0 spiro atoms. The first kappa shape index (κ1) is 19.0. The van der Waals surface area contributed by atoms with Crippen LogP contribution in [0.3, 0.4) is 0 Å². The molecular formula is C17H12ClF2NO5S. The Balaban J connectivity index is 1.89. The molecule has 3 N–H and O–H groups in total. The molecule has 10 heteroatoms. The molecule has 3 aromatic rings. The number of halogens is 3. The fraction of sp³-hybridized carbons (Fsp3) is 0.0588. The largest absolute Gasteiger partial charge is 0.501 e. The smallest absolute Gasteiger partial charge is 0.313 e. The van der Waals surface area contributed by atoms with Crippen LogP contribution in [0.25, 0.3) is 11.3 Å². The van der Waals surface area contributed by atoms with Crippen molar-refractivity contribution in [3.05, 3.63) is 64.7 Å². The Bertz CT molecular complexity index is 1100. The van der Waals surface area contributed by atoms with Crippen molar-refractivity contribution in [1.29, 1.82) is 0 Å². The summed E-state index contributed by atoms with van der Waals surface area (Å²) in [5.74, 6) is -4.67. The van der Waals surface area contributed by atoms with Gasteiger partial charge in [-0.1, -0.05) is 17.7 Å². The van der Waals surface area contributed by atoms with Gasteiger partial charge in [-0.2, -0.15) is 8.42 Å². The van der Waals surface area contributed by atoms with Crippen molar-refractivity contribution < 1.29 is 30.9 Å². The summed E-state index contributed by atoms with van der Waals surface area (Å²) >= 11 is 5.79. The molecule has 0 aliphatic carbocycles. The summed E-state index contributed by atoms with van der Waals surface area (Å²) in [4.78, 5) is 0. The van der Waals surface area contributed by atoms with Gasteiger partial charge in [0.05, 0.1) is 0 Å². The van der Waals surface area contributed by atoms with E-state index in [2.05, 4.69) is 0 Å². The number of hydrogen-bond donors (Lipinski definition) is 2. The van der Waals surface area contributed by atoms with E-state index in [-0.39, 0.29) is 11.3 Å². The van der Waals surface area contributed by atoms with E-state index in [0.717, 1.165) is 12.1 Å². The van der Waals surface area contributed by atoms with Gasteiger partial charge in [0, 0.05) is 22.2 Å². The molecule has 0 fully saturated rings. The normalized spacial score (nSPS) is 11.5. The number of furan rings is 1. The summed E-state index contributed by atoms with van der Waals surface area (Å²) in [6.07, 6.45) is 0. The van der Waals surface area contributed by atoms with E-state index in [1.54, 1.807) is 0 Å². The molecule has 0 saturated heterocycles. The fourth-order valence-electron chi connectivity index (χ4n) is 2.29. The van der Waals surface area contributed by atoms with Gasteiger partial charge in [-0.05, 0) is 30.3 Å². The molecule has 142 valence electrons. The highest BCUT2D eigenvalue weighted by Gasteiger charge is 2.27. The Labute approximate surface area is 157 Å². The Kier molecular flexibility index (Phi) is 4.99. The van der Waals surface area contributed by atoms with Gasteiger partial charge in [-0.3, -0.25) is 0 Å². The Morgan fingerprint density at radius 1 is 1.15 bits per heavy atom. The topological polar surface area (TPSA) is 103 Å². The zero-order chi connectivity index (χ0) is 19.8. The highest BCUT2D eigenvalue weighted by molar-refractivity contribution is 7.86. The zero-order valence-corrected chi connectivity index (χ0v) is 15.0. The predicted octanol–water partition coefficient (Wildman–Crippen LogP) is 4.07. The molecule has 0 atom stereocenters. The van der Waals surface area contributed by atoms with Crippen LogP contribution in [0.2, 0.25) is 5.02 Å². The molecule has 0 amide bonds. The molecule has 0 radical (unpaired) electrons. The second-order valence-electron chi connectivity index (χ2n) is 5.50. The van der Waals surface area contributed by atoms with E-state index in [1.165, 1.54) is 24.3 Å². The maximum Gasteiger partial charge on any atom is 0.313 e. The monoisotopic (exact) mass is 415 g/mol. The maximum atomic E-state index is 13.7. The van der Waals surface area contributed by atoms with E-state index < -0.39 is 44.9 Å². The van der Waals surface area contributed by atoms with Crippen LogP contribution in [0.15, 0.2) is 46.9 Å². The van der Waals surface area contributed by atoms with Crippen molar-refractivity contribution in [1.82, 2.24) is 0 Å². The van der Waals surface area contributed by atoms with Crippen LogP contribution in [0.4, 0.5) is 14.7 Å². The molecule has 6 nitrogen and oxygen atoms in total. The van der Waals surface area contributed by atoms with Crippen molar-refractivity contribution in [3.8, 4) is 22.8 Å². The third-order valence-corrected chi connectivity index (χ3v) is 4.87. The van der Waals surface area contributed by atoms with E-state index in [9.17, 15) is 22.3 Å². The first-order valence-electron chi connectivity index (χ1n) is 7.39. The Morgan fingerprint density at radius 2 is 1.81 bits per heavy atom. The average Bonchev–Trinajstić information content (AvgIpc) is 2.86. The molecule has 2 aromatic carbocycles. The average molecular weight is 416 g/mol. The van der Waals surface area contributed by atoms with Crippen LogP contribution in [-0.2, 0) is 15.9 Å². The number of benzene rings is 2. The van der Waals surface area contributed by atoms with Crippen LogP contribution in [-0.4, -0.2) is 13.5 Å². The highest BCUT2D eigenvalue weighted by atomic mass is 35.5. The van der Waals surface area contributed by atoms with Crippen molar-refractivity contribution in [2.45, 2.75) is 5.75 Å². The lowest BCUT2D eigenvalue weighted by Crippen LogP contribution is -2.13. The molecule has 0 bridgehead atoms.